The maximum atomic E-state index is 12.6. The molecule has 1 amide bonds. The number of carbonyl (C=O) groups excluding carboxylic acids is 1. The Kier molecular flexibility index (Phi) is 7.55. The molecule has 1 aliphatic rings. The van der Waals surface area contributed by atoms with Crippen LogP contribution in [0.1, 0.15) is 44.1 Å². The Bertz CT molecular complexity index is 543. The van der Waals surface area contributed by atoms with Gasteiger partial charge in [-0.2, -0.15) is 13.2 Å². The maximum absolute atomic E-state index is 12.6. The number of para-hydroxylation sites is 1. The normalized spacial score (nSPS) is 17.0. The van der Waals surface area contributed by atoms with Gasteiger partial charge in [0.15, 0.2) is 0 Å². The van der Waals surface area contributed by atoms with E-state index >= 15 is 0 Å². The van der Waals surface area contributed by atoms with E-state index in [-0.39, 0.29) is 41.4 Å². The summed E-state index contributed by atoms with van der Waals surface area (Å²) in [7, 11) is 0. The van der Waals surface area contributed by atoms with Crippen LogP contribution in [-0.2, 0) is 11.2 Å². The topological polar surface area (TPSA) is 55.1 Å². The van der Waals surface area contributed by atoms with Crippen LogP contribution in [0.3, 0.4) is 0 Å². The van der Waals surface area contributed by atoms with Gasteiger partial charge >= 0.3 is 6.18 Å². The number of benzene rings is 1. The minimum Gasteiger partial charge on any atom is -0.330 e. The number of hydrogen-bond acceptors (Lipinski definition) is 2. The Balaban J connectivity index is 0.00000288. The highest BCUT2D eigenvalue weighted by Gasteiger charge is 2.33. The van der Waals surface area contributed by atoms with Crippen molar-refractivity contribution in [3.63, 3.8) is 0 Å². The highest BCUT2D eigenvalue weighted by Crippen LogP contribution is 2.38. The van der Waals surface area contributed by atoms with E-state index < -0.39 is 12.6 Å². The maximum Gasteiger partial charge on any atom is 0.393 e. The SMILES string of the molecule is Cl.NCC1(CC(=O)Nc2ccccc2CC(F)(F)F)CCCCC1. The van der Waals surface area contributed by atoms with Gasteiger partial charge in [-0.05, 0) is 36.4 Å². The molecule has 1 fully saturated rings. The summed E-state index contributed by atoms with van der Waals surface area (Å²) in [5.41, 5.74) is 5.97. The third-order valence-electron chi connectivity index (χ3n) is 4.57. The number of rotatable bonds is 5. The minimum atomic E-state index is -4.30. The van der Waals surface area contributed by atoms with E-state index in [0.717, 1.165) is 32.1 Å². The average molecular weight is 365 g/mol. The van der Waals surface area contributed by atoms with Crippen LogP contribution in [0.15, 0.2) is 24.3 Å². The first-order valence-corrected chi connectivity index (χ1v) is 7.98. The quantitative estimate of drug-likeness (QED) is 0.810. The van der Waals surface area contributed by atoms with Crippen molar-refractivity contribution in [2.24, 2.45) is 11.1 Å². The second kappa shape index (κ2) is 8.72. The molecule has 0 bridgehead atoms. The van der Waals surface area contributed by atoms with Gasteiger partial charge in [0.05, 0.1) is 6.42 Å². The van der Waals surface area contributed by atoms with E-state index in [0.29, 0.717) is 6.54 Å². The summed E-state index contributed by atoms with van der Waals surface area (Å²) in [5.74, 6) is -0.257. The van der Waals surface area contributed by atoms with Crippen LogP contribution in [0.5, 0.6) is 0 Å². The molecular weight excluding hydrogens is 341 g/mol. The monoisotopic (exact) mass is 364 g/mol. The molecule has 1 saturated carbocycles. The lowest BCUT2D eigenvalue weighted by Crippen LogP contribution is -2.36. The largest absolute Gasteiger partial charge is 0.393 e. The predicted molar refractivity (Wildman–Crippen MR) is 91.3 cm³/mol. The minimum absolute atomic E-state index is 0. The molecule has 0 heterocycles. The Morgan fingerprint density at radius 2 is 1.79 bits per heavy atom. The number of amides is 1. The summed E-state index contributed by atoms with van der Waals surface area (Å²) in [5, 5.41) is 2.65. The number of nitrogens with two attached hydrogens (primary N) is 1. The Labute approximate surface area is 146 Å². The summed E-state index contributed by atoms with van der Waals surface area (Å²) < 4.78 is 37.9. The van der Waals surface area contributed by atoms with Gasteiger partial charge in [-0.1, -0.05) is 37.5 Å². The number of nitrogens with one attached hydrogen (secondary N) is 1. The van der Waals surface area contributed by atoms with E-state index in [2.05, 4.69) is 5.32 Å². The summed E-state index contributed by atoms with van der Waals surface area (Å²) in [6.45, 7) is 0.435. The first kappa shape index (κ1) is 20.8. The number of halogens is 4. The molecule has 0 unspecified atom stereocenters. The smallest absolute Gasteiger partial charge is 0.330 e. The zero-order valence-corrected chi connectivity index (χ0v) is 14.3. The van der Waals surface area contributed by atoms with Gasteiger partial charge in [-0.3, -0.25) is 4.79 Å². The Morgan fingerprint density at radius 3 is 2.38 bits per heavy atom. The Morgan fingerprint density at radius 1 is 1.17 bits per heavy atom. The van der Waals surface area contributed by atoms with Crippen molar-refractivity contribution in [1.82, 2.24) is 0 Å². The van der Waals surface area contributed by atoms with Crippen molar-refractivity contribution in [3.8, 4) is 0 Å². The Hall–Kier alpha value is -1.27. The lowest BCUT2D eigenvalue weighted by atomic mass is 9.71. The summed E-state index contributed by atoms with van der Waals surface area (Å²) >= 11 is 0. The van der Waals surface area contributed by atoms with Crippen LogP contribution in [0.4, 0.5) is 18.9 Å². The van der Waals surface area contributed by atoms with Gasteiger partial charge in [0.1, 0.15) is 0 Å². The van der Waals surface area contributed by atoms with Crippen molar-refractivity contribution in [1.29, 1.82) is 0 Å². The average Bonchev–Trinajstić information content (AvgIpc) is 2.49. The molecule has 2 rings (SSSR count). The highest BCUT2D eigenvalue weighted by atomic mass is 35.5. The highest BCUT2D eigenvalue weighted by molar-refractivity contribution is 5.92. The molecular formula is C17H24ClF3N2O. The van der Waals surface area contributed by atoms with Gasteiger partial charge in [0.25, 0.3) is 0 Å². The number of anilines is 1. The molecule has 0 saturated heterocycles. The van der Waals surface area contributed by atoms with Crippen LogP contribution in [0.2, 0.25) is 0 Å². The molecule has 7 heteroatoms. The molecule has 0 aliphatic heterocycles. The van der Waals surface area contributed by atoms with Crippen molar-refractivity contribution < 1.29 is 18.0 Å². The van der Waals surface area contributed by atoms with Gasteiger partial charge in [0, 0.05) is 12.1 Å². The molecule has 3 N–H and O–H groups in total. The van der Waals surface area contributed by atoms with Crippen LogP contribution in [-0.4, -0.2) is 18.6 Å². The fourth-order valence-corrected chi connectivity index (χ4v) is 3.30. The zero-order valence-electron chi connectivity index (χ0n) is 13.5. The molecule has 0 atom stereocenters. The summed E-state index contributed by atoms with van der Waals surface area (Å²) in [6, 6.07) is 6.06. The number of carbonyl (C=O) groups is 1. The lowest BCUT2D eigenvalue weighted by molar-refractivity contribution is -0.127. The van der Waals surface area contributed by atoms with Gasteiger partial charge in [0.2, 0.25) is 5.91 Å². The molecule has 1 aromatic carbocycles. The summed E-state index contributed by atoms with van der Waals surface area (Å²) in [6.07, 6.45) is -0.0255. The second-order valence-electron chi connectivity index (χ2n) is 6.44. The van der Waals surface area contributed by atoms with Gasteiger partial charge in [-0.25, -0.2) is 0 Å². The standard InChI is InChI=1S/C17H23F3N2O.ClH/c18-17(19,20)10-13-6-2-3-7-14(13)22-15(23)11-16(12-21)8-4-1-5-9-16;/h2-3,6-7H,1,4-5,8-12,21H2,(H,22,23);1H. The molecule has 0 spiro atoms. The van der Waals surface area contributed by atoms with E-state index in [1.54, 1.807) is 12.1 Å². The lowest BCUT2D eigenvalue weighted by Gasteiger charge is -2.35. The van der Waals surface area contributed by atoms with E-state index in [1.807, 2.05) is 0 Å². The van der Waals surface area contributed by atoms with Crippen LogP contribution in [0.25, 0.3) is 0 Å². The van der Waals surface area contributed by atoms with Crippen molar-refractivity contribution in [2.75, 3.05) is 11.9 Å². The first-order chi connectivity index (χ1) is 10.8. The summed E-state index contributed by atoms with van der Waals surface area (Å²) in [4.78, 5) is 12.3. The molecule has 0 radical (unpaired) electrons. The molecule has 1 aliphatic carbocycles. The van der Waals surface area contributed by atoms with Gasteiger partial charge < -0.3 is 11.1 Å². The molecule has 1 aromatic rings. The van der Waals surface area contributed by atoms with E-state index in [1.165, 1.54) is 12.1 Å². The zero-order chi connectivity index (χ0) is 16.9. The molecule has 0 aromatic heterocycles. The van der Waals surface area contributed by atoms with E-state index in [9.17, 15) is 18.0 Å². The molecule has 24 heavy (non-hydrogen) atoms. The van der Waals surface area contributed by atoms with Crippen molar-refractivity contribution in [3.05, 3.63) is 29.8 Å². The van der Waals surface area contributed by atoms with Crippen molar-refractivity contribution in [2.45, 2.75) is 51.1 Å². The van der Waals surface area contributed by atoms with Crippen LogP contribution < -0.4 is 11.1 Å². The third kappa shape index (κ3) is 5.98. The van der Waals surface area contributed by atoms with Crippen molar-refractivity contribution >= 4 is 24.0 Å². The fraction of sp³-hybridized carbons (Fsp3) is 0.588. The number of hydrogen-bond donors (Lipinski definition) is 2. The van der Waals surface area contributed by atoms with Crippen LogP contribution in [0, 0.1) is 5.41 Å². The van der Waals surface area contributed by atoms with Crippen LogP contribution >= 0.6 is 12.4 Å². The predicted octanol–water partition coefficient (Wildman–Crippen LogP) is 4.45. The molecule has 3 nitrogen and oxygen atoms in total. The third-order valence-corrected chi connectivity index (χ3v) is 4.57. The fourth-order valence-electron chi connectivity index (χ4n) is 3.30. The first-order valence-electron chi connectivity index (χ1n) is 7.98. The number of alkyl halides is 3. The van der Waals surface area contributed by atoms with E-state index in [4.69, 9.17) is 5.73 Å². The molecule has 136 valence electrons. The second-order valence-corrected chi connectivity index (χ2v) is 6.44. The van der Waals surface area contributed by atoms with Gasteiger partial charge in [-0.15, -0.1) is 12.4 Å².